The van der Waals surface area contributed by atoms with E-state index in [-0.39, 0.29) is 12.8 Å². The predicted octanol–water partition coefficient (Wildman–Crippen LogP) is 9.33. The molecule has 15 heteroatoms. The maximum atomic E-state index is 12.8. The number of hydrogen-bond donors (Lipinski definition) is 6. The monoisotopic (exact) mass is 943 g/mol. The predicted molar refractivity (Wildman–Crippen MR) is 253 cm³/mol. The summed E-state index contributed by atoms with van der Waals surface area (Å²) in [6, 6.07) is 0. The van der Waals surface area contributed by atoms with Crippen molar-refractivity contribution in [3.63, 3.8) is 0 Å². The van der Waals surface area contributed by atoms with Gasteiger partial charge in [-0.1, -0.05) is 146 Å². The summed E-state index contributed by atoms with van der Waals surface area (Å²) in [6.07, 6.45) is 31.8. The Balaban J connectivity index is 1.68. The minimum absolute atomic E-state index is 0.0715. The molecule has 6 N–H and O–H groups in total. The van der Waals surface area contributed by atoms with Gasteiger partial charge in [0, 0.05) is 12.8 Å². The molecule has 10 atom stereocenters. The molecule has 2 aliphatic rings. The third kappa shape index (κ3) is 28.6. The van der Waals surface area contributed by atoms with E-state index in [9.17, 15) is 44.6 Å². The van der Waals surface area contributed by atoms with Crippen molar-refractivity contribution in [1.29, 1.82) is 0 Å². The number of esters is 2. The molecule has 1 aliphatic heterocycles. The van der Waals surface area contributed by atoms with Gasteiger partial charge < -0.3 is 44.6 Å². The molecule has 1 saturated heterocycles. The van der Waals surface area contributed by atoms with Crippen molar-refractivity contribution >= 4 is 19.8 Å². The summed E-state index contributed by atoms with van der Waals surface area (Å²) < 4.78 is 39.3. The molecular formula is C50H87O14P. The Labute approximate surface area is 390 Å². The lowest BCUT2D eigenvalue weighted by Crippen LogP contribution is -2.64. The molecule has 0 spiro atoms. The first kappa shape index (κ1) is 58.9. The van der Waals surface area contributed by atoms with E-state index in [2.05, 4.69) is 62.5 Å². The summed E-state index contributed by atoms with van der Waals surface area (Å²) in [5.74, 6) is -1.14. The van der Waals surface area contributed by atoms with Crippen molar-refractivity contribution in [2.75, 3.05) is 13.2 Å². The van der Waals surface area contributed by atoms with Crippen LogP contribution in [0.1, 0.15) is 187 Å². The summed E-state index contributed by atoms with van der Waals surface area (Å²) in [4.78, 5) is 35.8. The molecule has 2 fully saturated rings. The number of carbonyl (C=O) groups is 2. The lowest BCUT2D eigenvalue weighted by Gasteiger charge is -2.41. The van der Waals surface area contributed by atoms with Gasteiger partial charge in [0.25, 0.3) is 0 Å². The number of hydrogen-bond acceptors (Lipinski definition) is 13. The van der Waals surface area contributed by atoms with Crippen molar-refractivity contribution in [3.8, 4) is 0 Å². The van der Waals surface area contributed by atoms with E-state index in [0.29, 0.717) is 25.0 Å². The fourth-order valence-electron chi connectivity index (χ4n) is 7.65. The molecule has 14 nitrogen and oxygen atoms in total. The normalized spacial score (nSPS) is 24.9. The standard InChI is InChI=1S/C50H87O14P/c1-3-5-7-8-9-10-11-12-13-14-15-16-17-18-19-20-21-25-28-32-36-43(51)60-38-40(39-61-65(58,59)64-50-48(56)46(54)45(53)47(55)49(50)57)62-44(52)37-33-29-26-23-22-24-27-31-35-42-41(63-42)34-30-6-4-2/h10-11,13-14,16-17,27,31,40-42,45-50,53-57H,3-9,12,15,18-26,28-30,32-39H2,1-2H3,(H,58,59)/b11-10-,14-13-,17-16-,31-27-/t40-,41?,42?,45?,46-,47+,48-,49-,50?/m1/s1. The van der Waals surface area contributed by atoms with Crippen LogP contribution in [0.15, 0.2) is 48.6 Å². The molecule has 0 amide bonds. The van der Waals surface area contributed by atoms with Crippen LogP contribution in [-0.4, -0.2) is 111 Å². The zero-order valence-electron chi connectivity index (χ0n) is 39.7. The van der Waals surface area contributed by atoms with Gasteiger partial charge in [-0.15, -0.1) is 0 Å². The first-order valence-corrected chi connectivity index (χ1v) is 26.6. The first-order valence-electron chi connectivity index (χ1n) is 25.1. The van der Waals surface area contributed by atoms with E-state index in [0.717, 1.165) is 96.3 Å². The molecule has 5 unspecified atom stereocenters. The Bertz CT molecular complexity index is 1390. The van der Waals surface area contributed by atoms with Crippen molar-refractivity contribution in [3.05, 3.63) is 48.6 Å². The van der Waals surface area contributed by atoms with E-state index < -0.39 is 75.7 Å². The number of carbonyl (C=O) groups excluding carboxylic acids is 2. The van der Waals surface area contributed by atoms with Gasteiger partial charge in [0.05, 0.1) is 18.8 Å². The fraction of sp³-hybridized carbons (Fsp3) is 0.800. The lowest BCUT2D eigenvalue weighted by atomic mass is 9.85. The van der Waals surface area contributed by atoms with Crippen molar-refractivity contribution in [2.45, 2.75) is 242 Å². The van der Waals surface area contributed by atoms with Crippen LogP contribution in [0.2, 0.25) is 0 Å². The number of allylic oxidation sites excluding steroid dienone is 7. The highest BCUT2D eigenvalue weighted by Crippen LogP contribution is 2.47. The molecular weight excluding hydrogens is 856 g/mol. The number of aliphatic hydroxyl groups excluding tert-OH is 5. The summed E-state index contributed by atoms with van der Waals surface area (Å²) in [5.41, 5.74) is 0. The molecule has 0 aromatic heterocycles. The third-order valence-corrected chi connectivity index (χ3v) is 12.8. The number of aliphatic hydroxyl groups is 5. The Morgan fingerprint density at radius 3 is 1.58 bits per heavy atom. The zero-order valence-corrected chi connectivity index (χ0v) is 40.6. The molecule has 1 saturated carbocycles. The van der Waals surface area contributed by atoms with Crippen LogP contribution in [0.3, 0.4) is 0 Å². The Morgan fingerprint density at radius 2 is 1.02 bits per heavy atom. The highest BCUT2D eigenvalue weighted by molar-refractivity contribution is 7.47. The van der Waals surface area contributed by atoms with Crippen molar-refractivity contribution in [1.82, 2.24) is 0 Å². The molecule has 65 heavy (non-hydrogen) atoms. The second kappa shape index (κ2) is 36.8. The molecule has 1 aliphatic carbocycles. The average Bonchev–Trinajstić information content (AvgIpc) is 4.05. The highest BCUT2D eigenvalue weighted by atomic mass is 31.2. The van der Waals surface area contributed by atoms with Gasteiger partial charge >= 0.3 is 19.8 Å². The van der Waals surface area contributed by atoms with Crippen molar-refractivity contribution in [2.24, 2.45) is 0 Å². The van der Waals surface area contributed by atoms with Crippen LogP contribution in [0.5, 0.6) is 0 Å². The Morgan fingerprint density at radius 1 is 0.554 bits per heavy atom. The SMILES string of the molecule is CCCCCC/C=C\C/C=C\C/C=C\CCCCCCCCC(=O)OC[C@H](COP(=O)(O)OC1[C@H](O)[C@H](O)C(O)[C@H](O)[C@H]1O)OC(=O)CCCCCCC/C=C\CC1OC1CCCCC. The largest absolute Gasteiger partial charge is 0.472 e. The van der Waals surface area contributed by atoms with Crippen LogP contribution in [0, 0.1) is 0 Å². The van der Waals surface area contributed by atoms with E-state index in [1.807, 2.05) is 0 Å². The topological polar surface area (TPSA) is 222 Å². The first-order chi connectivity index (χ1) is 31.4. The number of phosphoric acid groups is 1. The second-order valence-corrected chi connectivity index (χ2v) is 19.1. The van der Waals surface area contributed by atoms with Gasteiger partial charge in [-0.3, -0.25) is 18.6 Å². The highest BCUT2D eigenvalue weighted by Gasteiger charge is 2.51. The second-order valence-electron chi connectivity index (χ2n) is 17.7. The third-order valence-electron chi connectivity index (χ3n) is 11.8. The molecule has 376 valence electrons. The molecule has 0 aromatic rings. The van der Waals surface area contributed by atoms with E-state index >= 15 is 0 Å². The maximum Gasteiger partial charge on any atom is 0.472 e. The average molecular weight is 943 g/mol. The zero-order chi connectivity index (χ0) is 47.5. The van der Waals surface area contributed by atoms with Gasteiger partial charge in [-0.05, 0) is 77.0 Å². The van der Waals surface area contributed by atoms with Crippen LogP contribution >= 0.6 is 7.82 Å². The molecule has 0 aromatic carbocycles. The minimum atomic E-state index is -5.13. The smallest absolute Gasteiger partial charge is 0.462 e. The molecule has 0 bridgehead atoms. The fourth-order valence-corrected chi connectivity index (χ4v) is 8.63. The lowest BCUT2D eigenvalue weighted by molar-refractivity contribution is -0.220. The van der Waals surface area contributed by atoms with Gasteiger partial charge in [0.15, 0.2) is 6.10 Å². The van der Waals surface area contributed by atoms with Crippen LogP contribution in [0.25, 0.3) is 0 Å². The number of unbranched alkanes of at least 4 members (excludes halogenated alkanes) is 17. The van der Waals surface area contributed by atoms with Crippen LogP contribution < -0.4 is 0 Å². The Kier molecular flexibility index (Phi) is 33.3. The number of rotatable bonds is 40. The molecule has 0 radical (unpaired) electrons. The summed E-state index contributed by atoms with van der Waals surface area (Å²) in [7, 11) is -5.13. The van der Waals surface area contributed by atoms with Gasteiger partial charge in [-0.25, -0.2) is 4.57 Å². The van der Waals surface area contributed by atoms with Crippen molar-refractivity contribution < 1.29 is 67.8 Å². The number of epoxide rings is 1. The number of ether oxygens (including phenoxy) is 3. The van der Waals surface area contributed by atoms with Crippen LogP contribution in [-0.2, 0) is 37.4 Å². The summed E-state index contributed by atoms with van der Waals surface area (Å²) in [5, 5.41) is 50.2. The minimum Gasteiger partial charge on any atom is -0.462 e. The maximum absolute atomic E-state index is 12.8. The Hall–Kier alpha value is -2.23. The van der Waals surface area contributed by atoms with Crippen LogP contribution in [0.4, 0.5) is 0 Å². The summed E-state index contributed by atoms with van der Waals surface area (Å²) >= 11 is 0. The summed E-state index contributed by atoms with van der Waals surface area (Å²) in [6.45, 7) is 3.23. The number of phosphoric ester groups is 1. The molecule has 1 heterocycles. The quantitative estimate of drug-likeness (QED) is 0.0111. The van der Waals surface area contributed by atoms with E-state index in [1.165, 1.54) is 51.4 Å². The van der Waals surface area contributed by atoms with E-state index in [4.69, 9.17) is 23.3 Å². The van der Waals surface area contributed by atoms with Gasteiger partial charge in [0.2, 0.25) is 0 Å². The van der Waals surface area contributed by atoms with E-state index in [1.54, 1.807) is 0 Å². The molecule has 2 rings (SSSR count). The van der Waals surface area contributed by atoms with Gasteiger partial charge in [0.1, 0.15) is 43.2 Å². The van der Waals surface area contributed by atoms with Gasteiger partial charge in [-0.2, -0.15) is 0 Å².